The van der Waals surface area contributed by atoms with Crippen molar-refractivity contribution in [2.75, 3.05) is 12.8 Å². The van der Waals surface area contributed by atoms with Crippen LogP contribution in [0.25, 0.3) is 22.7 Å². The topological polar surface area (TPSA) is 74.2 Å². The minimum Gasteiger partial charge on any atom is -0.497 e. The highest BCUT2D eigenvalue weighted by molar-refractivity contribution is 5.83. The number of nitrogen functional groups attached to an aromatic ring is 1. The van der Waals surface area contributed by atoms with E-state index in [2.05, 4.69) is 9.97 Å². The van der Waals surface area contributed by atoms with Crippen LogP contribution in [0, 0.1) is 0 Å². The van der Waals surface area contributed by atoms with Crippen molar-refractivity contribution in [1.29, 1.82) is 0 Å². The highest BCUT2D eigenvalue weighted by Crippen LogP contribution is 2.27. The molecular formula is C13H11N3O2. The lowest BCUT2D eigenvalue weighted by molar-refractivity contribution is 0.415. The first-order valence-electron chi connectivity index (χ1n) is 5.43. The fraction of sp³-hybridized carbons (Fsp3) is 0.0769. The van der Waals surface area contributed by atoms with Gasteiger partial charge in [0.05, 0.1) is 12.8 Å². The molecule has 5 nitrogen and oxygen atoms in total. The molecule has 2 heterocycles. The van der Waals surface area contributed by atoms with Gasteiger partial charge in [0, 0.05) is 11.8 Å². The molecule has 0 unspecified atom stereocenters. The third-order valence-electron chi connectivity index (χ3n) is 2.66. The van der Waals surface area contributed by atoms with Gasteiger partial charge in [-0.25, -0.2) is 4.98 Å². The highest BCUT2D eigenvalue weighted by Gasteiger charge is 2.11. The maximum Gasteiger partial charge on any atom is 0.229 e. The summed E-state index contributed by atoms with van der Waals surface area (Å²) in [5.74, 6) is 1.28. The molecule has 0 aliphatic heterocycles. The van der Waals surface area contributed by atoms with Gasteiger partial charge in [0.1, 0.15) is 5.75 Å². The predicted octanol–water partition coefficient (Wildman–Crippen LogP) is 2.48. The van der Waals surface area contributed by atoms with Gasteiger partial charge < -0.3 is 14.9 Å². The van der Waals surface area contributed by atoms with Gasteiger partial charge in [-0.3, -0.25) is 0 Å². The second-order valence-electron chi connectivity index (χ2n) is 3.80. The number of benzene rings is 1. The number of nitrogens with zero attached hydrogens (tertiary/aromatic N) is 2. The maximum absolute atomic E-state index is 5.80. The zero-order chi connectivity index (χ0) is 12.5. The van der Waals surface area contributed by atoms with Gasteiger partial charge in [-0.1, -0.05) is 0 Å². The van der Waals surface area contributed by atoms with Crippen LogP contribution in [0.4, 0.5) is 5.69 Å². The summed E-state index contributed by atoms with van der Waals surface area (Å²) in [7, 11) is 1.62. The Bertz CT molecular complexity index is 689. The van der Waals surface area contributed by atoms with Crippen molar-refractivity contribution >= 4 is 16.9 Å². The third kappa shape index (κ3) is 1.66. The van der Waals surface area contributed by atoms with Gasteiger partial charge in [-0.05, 0) is 30.3 Å². The molecule has 0 spiro atoms. The second-order valence-corrected chi connectivity index (χ2v) is 3.80. The van der Waals surface area contributed by atoms with Crippen LogP contribution in [0.3, 0.4) is 0 Å². The molecule has 0 atom stereocenters. The minimum absolute atomic E-state index is 0.498. The van der Waals surface area contributed by atoms with Gasteiger partial charge in [-0.15, -0.1) is 0 Å². The van der Waals surface area contributed by atoms with Crippen LogP contribution >= 0.6 is 0 Å². The second kappa shape index (κ2) is 4.03. The summed E-state index contributed by atoms with van der Waals surface area (Å²) in [6, 6.07) is 9.13. The lowest BCUT2D eigenvalue weighted by Crippen LogP contribution is -1.85. The number of oxazole rings is 1. The zero-order valence-corrected chi connectivity index (χ0v) is 9.75. The SMILES string of the molecule is COc1ccc(-c2nc3nccc(N)c3o2)cc1. The first kappa shape index (κ1) is 10.6. The van der Waals surface area contributed by atoms with E-state index in [4.69, 9.17) is 14.9 Å². The molecule has 0 bridgehead atoms. The summed E-state index contributed by atoms with van der Waals surface area (Å²) >= 11 is 0. The van der Waals surface area contributed by atoms with Gasteiger partial charge in [0.2, 0.25) is 11.5 Å². The van der Waals surface area contributed by atoms with E-state index in [1.54, 1.807) is 19.4 Å². The molecule has 0 saturated carbocycles. The van der Waals surface area contributed by atoms with Crippen molar-refractivity contribution in [3.63, 3.8) is 0 Å². The molecule has 0 radical (unpaired) electrons. The summed E-state index contributed by atoms with van der Waals surface area (Å²) < 4.78 is 10.7. The van der Waals surface area contributed by atoms with Gasteiger partial charge in [-0.2, -0.15) is 4.98 Å². The Morgan fingerprint density at radius 2 is 1.94 bits per heavy atom. The van der Waals surface area contributed by atoms with E-state index in [1.807, 2.05) is 24.3 Å². The molecule has 18 heavy (non-hydrogen) atoms. The fourth-order valence-corrected chi connectivity index (χ4v) is 1.71. The third-order valence-corrected chi connectivity index (χ3v) is 2.66. The van der Waals surface area contributed by atoms with Gasteiger partial charge in [0.25, 0.3) is 0 Å². The number of hydrogen-bond acceptors (Lipinski definition) is 5. The molecular weight excluding hydrogens is 230 g/mol. The predicted molar refractivity (Wildman–Crippen MR) is 68.2 cm³/mol. The van der Waals surface area contributed by atoms with E-state index in [0.717, 1.165) is 11.3 Å². The number of rotatable bonds is 2. The Kier molecular flexibility index (Phi) is 2.37. The standard InChI is InChI=1S/C13H11N3O2/c1-17-9-4-2-8(3-5-9)13-16-12-11(18-13)10(14)6-7-15-12/h2-7H,1H3,(H2,14,15). The highest BCUT2D eigenvalue weighted by atomic mass is 16.5. The van der Waals surface area contributed by atoms with Crippen LogP contribution in [0.2, 0.25) is 0 Å². The van der Waals surface area contributed by atoms with E-state index in [0.29, 0.717) is 22.8 Å². The average Bonchev–Trinajstić information content (AvgIpc) is 2.84. The molecule has 1 aromatic carbocycles. The van der Waals surface area contributed by atoms with Crippen LogP contribution in [0.5, 0.6) is 5.75 Å². The number of pyridine rings is 1. The molecule has 0 amide bonds. The quantitative estimate of drug-likeness (QED) is 0.746. The monoisotopic (exact) mass is 241 g/mol. The Hall–Kier alpha value is -2.56. The lowest BCUT2D eigenvalue weighted by Gasteiger charge is -1.99. The number of anilines is 1. The van der Waals surface area contributed by atoms with Crippen molar-refractivity contribution in [1.82, 2.24) is 9.97 Å². The average molecular weight is 241 g/mol. The summed E-state index contributed by atoms with van der Waals surface area (Å²) in [4.78, 5) is 8.41. The van der Waals surface area contributed by atoms with E-state index < -0.39 is 0 Å². The summed E-state index contributed by atoms with van der Waals surface area (Å²) in [6.45, 7) is 0. The van der Waals surface area contributed by atoms with Gasteiger partial charge >= 0.3 is 0 Å². The Labute approximate surface area is 103 Å². The first-order valence-corrected chi connectivity index (χ1v) is 5.43. The Balaban J connectivity index is 2.10. The van der Waals surface area contributed by atoms with E-state index in [9.17, 15) is 0 Å². The van der Waals surface area contributed by atoms with E-state index in [1.165, 1.54) is 0 Å². The summed E-state index contributed by atoms with van der Waals surface area (Å²) in [5.41, 5.74) is 8.22. The molecule has 2 N–H and O–H groups in total. The Morgan fingerprint density at radius 1 is 1.17 bits per heavy atom. The first-order chi connectivity index (χ1) is 8.78. The number of hydrogen-bond donors (Lipinski definition) is 1. The van der Waals surface area contributed by atoms with Crippen molar-refractivity contribution in [2.24, 2.45) is 0 Å². The molecule has 2 aromatic heterocycles. The van der Waals surface area contributed by atoms with Crippen LogP contribution in [0.15, 0.2) is 40.9 Å². The Morgan fingerprint density at radius 3 is 2.61 bits per heavy atom. The largest absolute Gasteiger partial charge is 0.497 e. The zero-order valence-electron chi connectivity index (χ0n) is 9.75. The number of aromatic nitrogens is 2. The number of ether oxygens (including phenoxy) is 1. The van der Waals surface area contributed by atoms with Crippen LogP contribution < -0.4 is 10.5 Å². The lowest BCUT2D eigenvalue weighted by atomic mass is 10.2. The minimum atomic E-state index is 0.498. The van der Waals surface area contributed by atoms with Crippen LogP contribution in [0.1, 0.15) is 0 Å². The number of nitrogens with two attached hydrogens (primary N) is 1. The van der Waals surface area contributed by atoms with Crippen LogP contribution in [-0.2, 0) is 0 Å². The van der Waals surface area contributed by atoms with Crippen molar-refractivity contribution in [3.8, 4) is 17.2 Å². The summed E-state index contributed by atoms with van der Waals surface area (Å²) in [5, 5.41) is 0. The van der Waals surface area contributed by atoms with Crippen molar-refractivity contribution in [2.45, 2.75) is 0 Å². The van der Waals surface area contributed by atoms with E-state index >= 15 is 0 Å². The fourth-order valence-electron chi connectivity index (χ4n) is 1.71. The maximum atomic E-state index is 5.80. The van der Waals surface area contributed by atoms with Gasteiger partial charge in [0.15, 0.2) is 5.58 Å². The van der Waals surface area contributed by atoms with Crippen LogP contribution in [-0.4, -0.2) is 17.1 Å². The summed E-state index contributed by atoms with van der Waals surface area (Å²) in [6.07, 6.45) is 1.61. The molecule has 5 heteroatoms. The molecule has 3 rings (SSSR count). The van der Waals surface area contributed by atoms with Crippen molar-refractivity contribution < 1.29 is 9.15 Å². The molecule has 3 aromatic rings. The molecule has 0 aliphatic carbocycles. The number of fused-ring (bicyclic) bond motifs is 1. The normalized spacial score (nSPS) is 10.7. The molecule has 0 fully saturated rings. The smallest absolute Gasteiger partial charge is 0.229 e. The molecule has 90 valence electrons. The molecule has 0 aliphatic rings. The van der Waals surface area contributed by atoms with E-state index in [-0.39, 0.29) is 0 Å². The number of methoxy groups -OCH3 is 1. The molecule has 0 saturated heterocycles. The van der Waals surface area contributed by atoms with Crippen molar-refractivity contribution in [3.05, 3.63) is 36.5 Å².